The van der Waals surface area contributed by atoms with Crippen LogP contribution in [0.25, 0.3) is 0 Å². The average molecular weight is 318 g/mol. The lowest BCUT2D eigenvalue weighted by Crippen LogP contribution is -2.25. The summed E-state index contributed by atoms with van der Waals surface area (Å²) in [6.07, 6.45) is 0.862. The number of benzene rings is 1. The Morgan fingerprint density at radius 1 is 1.32 bits per heavy atom. The molecule has 0 radical (unpaired) electrons. The van der Waals surface area contributed by atoms with E-state index in [0.29, 0.717) is 10.6 Å². The number of para-hydroxylation sites is 1. The highest BCUT2D eigenvalue weighted by atomic mass is 32.1. The van der Waals surface area contributed by atoms with E-state index in [9.17, 15) is 4.79 Å². The third-order valence-corrected chi connectivity index (χ3v) is 4.95. The number of hydrogen-bond donors (Lipinski definition) is 1. The largest absolute Gasteiger partial charge is 0.465 e. The van der Waals surface area contributed by atoms with Crippen LogP contribution in [0.1, 0.15) is 27.7 Å². The molecular formula is C17H22N2O2S. The van der Waals surface area contributed by atoms with Crippen molar-refractivity contribution < 1.29 is 9.53 Å². The second-order valence-corrected chi connectivity index (χ2v) is 6.18. The Bertz CT molecular complexity index is 638. The van der Waals surface area contributed by atoms with Crippen LogP contribution in [0.15, 0.2) is 30.3 Å². The third-order valence-electron chi connectivity index (χ3n) is 3.77. The number of likely N-dealkylation sites (N-methyl/N-ethyl adjacent to an activating group) is 1. The molecule has 0 fully saturated rings. The maximum Gasteiger partial charge on any atom is 0.341 e. The molecule has 2 rings (SSSR count). The standard InChI is InChI=1S/C17H22N2O2S/c1-4-19(13-8-6-5-7-9-13)11-10-14-12(2)15(16(18)22-14)17(20)21-3/h5-9H,4,10-11,18H2,1-3H3. The summed E-state index contributed by atoms with van der Waals surface area (Å²) in [7, 11) is 1.38. The maximum absolute atomic E-state index is 11.8. The van der Waals surface area contributed by atoms with E-state index in [0.717, 1.165) is 30.0 Å². The topological polar surface area (TPSA) is 55.6 Å². The van der Waals surface area contributed by atoms with Gasteiger partial charge in [-0.25, -0.2) is 4.79 Å². The van der Waals surface area contributed by atoms with Gasteiger partial charge in [0.1, 0.15) is 5.00 Å². The first-order valence-electron chi connectivity index (χ1n) is 7.34. The van der Waals surface area contributed by atoms with E-state index in [-0.39, 0.29) is 5.97 Å². The smallest absolute Gasteiger partial charge is 0.341 e. The molecular weight excluding hydrogens is 296 g/mol. The lowest BCUT2D eigenvalue weighted by atomic mass is 10.1. The molecule has 5 heteroatoms. The number of thiophene rings is 1. The zero-order valence-corrected chi connectivity index (χ0v) is 14.1. The van der Waals surface area contributed by atoms with Gasteiger partial charge in [0.05, 0.1) is 12.7 Å². The Morgan fingerprint density at radius 2 is 2.00 bits per heavy atom. The van der Waals surface area contributed by atoms with Gasteiger partial charge in [-0.2, -0.15) is 0 Å². The minimum absolute atomic E-state index is 0.354. The minimum atomic E-state index is -0.354. The van der Waals surface area contributed by atoms with E-state index < -0.39 is 0 Å². The molecule has 0 aliphatic rings. The summed E-state index contributed by atoms with van der Waals surface area (Å²) in [6.45, 7) is 5.91. The highest BCUT2D eigenvalue weighted by Gasteiger charge is 2.20. The van der Waals surface area contributed by atoms with Crippen molar-refractivity contribution in [2.24, 2.45) is 0 Å². The first kappa shape index (κ1) is 16.4. The molecule has 0 saturated heterocycles. The van der Waals surface area contributed by atoms with Crippen LogP contribution in [0.4, 0.5) is 10.7 Å². The van der Waals surface area contributed by atoms with Crippen LogP contribution in [0.3, 0.4) is 0 Å². The summed E-state index contributed by atoms with van der Waals surface area (Å²) >= 11 is 1.48. The van der Waals surface area contributed by atoms with E-state index in [1.165, 1.54) is 24.1 Å². The number of carbonyl (C=O) groups is 1. The van der Waals surface area contributed by atoms with Gasteiger partial charge < -0.3 is 15.4 Å². The molecule has 0 atom stereocenters. The molecule has 2 N–H and O–H groups in total. The quantitative estimate of drug-likeness (QED) is 0.828. The zero-order chi connectivity index (χ0) is 16.1. The monoisotopic (exact) mass is 318 g/mol. The number of nitrogen functional groups attached to an aromatic ring is 1. The van der Waals surface area contributed by atoms with Gasteiger partial charge in [-0.1, -0.05) is 18.2 Å². The van der Waals surface area contributed by atoms with Gasteiger partial charge in [-0.05, 0) is 38.0 Å². The fourth-order valence-electron chi connectivity index (χ4n) is 2.52. The van der Waals surface area contributed by atoms with Crippen molar-refractivity contribution in [3.8, 4) is 0 Å². The first-order valence-corrected chi connectivity index (χ1v) is 8.16. The number of nitrogens with zero attached hydrogens (tertiary/aromatic N) is 1. The fraction of sp³-hybridized carbons (Fsp3) is 0.353. The van der Waals surface area contributed by atoms with Crippen molar-refractivity contribution in [3.05, 3.63) is 46.3 Å². The van der Waals surface area contributed by atoms with Crippen LogP contribution >= 0.6 is 11.3 Å². The molecule has 0 bridgehead atoms. The molecule has 1 heterocycles. The molecule has 0 unspecified atom stereocenters. The van der Waals surface area contributed by atoms with Crippen LogP contribution in [0, 0.1) is 6.92 Å². The second-order valence-electron chi connectivity index (χ2n) is 5.05. The molecule has 22 heavy (non-hydrogen) atoms. The second kappa shape index (κ2) is 7.31. The molecule has 118 valence electrons. The van der Waals surface area contributed by atoms with E-state index in [4.69, 9.17) is 10.5 Å². The van der Waals surface area contributed by atoms with Gasteiger partial charge in [-0.15, -0.1) is 11.3 Å². The van der Waals surface area contributed by atoms with Crippen LogP contribution in [-0.2, 0) is 11.2 Å². The molecule has 1 aromatic carbocycles. The Balaban J connectivity index is 2.13. The maximum atomic E-state index is 11.8. The Hall–Kier alpha value is -2.01. The minimum Gasteiger partial charge on any atom is -0.465 e. The number of hydrogen-bond acceptors (Lipinski definition) is 5. The van der Waals surface area contributed by atoms with Crippen molar-refractivity contribution in [1.29, 1.82) is 0 Å². The molecule has 0 aliphatic heterocycles. The number of carbonyl (C=O) groups excluding carboxylic acids is 1. The normalized spacial score (nSPS) is 10.5. The fourth-order valence-corrected chi connectivity index (χ4v) is 3.58. The van der Waals surface area contributed by atoms with E-state index in [1.54, 1.807) is 0 Å². The number of esters is 1. The summed E-state index contributed by atoms with van der Waals surface area (Å²) < 4.78 is 4.80. The predicted octanol–water partition coefficient (Wildman–Crippen LogP) is 3.49. The number of rotatable bonds is 6. The molecule has 4 nitrogen and oxygen atoms in total. The SMILES string of the molecule is CCN(CCc1sc(N)c(C(=O)OC)c1C)c1ccccc1. The van der Waals surface area contributed by atoms with Crippen LogP contribution in [-0.4, -0.2) is 26.2 Å². The summed E-state index contributed by atoms with van der Waals surface area (Å²) in [5.74, 6) is -0.354. The molecule has 2 aromatic rings. The van der Waals surface area contributed by atoms with Crippen LogP contribution in [0.5, 0.6) is 0 Å². The lowest BCUT2D eigenvalue weighted by molar-refractivity contribution is 0.0601. The molecule has 0 saturated carbocycles. The number of nitrogens with two attached hydrogens (primary N) is 1. The number of methoxy groups -OCH3 is 1. The lowest BCUT2D eigenvalue weighted by Gasteiger charge is -2.22. The van der Waals surface area contributed by atoms with Gasteiger partial charge in [-0.3, -0.25) is 0 Å². The summed E-state index contributed by atoms with van der Waals surface area (Å²) in [5, 5.41) is 0.544. The van der Waals surface area contributed by atoms with Gasteiger partial charge >= 0.3 is 5.97 Å². The highest BCUT2D eigenvalue weighted by molar-refractivity contribution is 7.16. The first-order chi connectivity index (χ1) is 10.6. The van der Waals surface area contributed by atoms with Gasteiger partial charge in [0.15, 0.2) is 0 Å². The predicted molar refractivity (Wildman–Crippen MR) is 92.8 cm³/mol. The Morgan fingerprint density at radius 3 is 2.59 bits per heavy atom. The van der Waals surface area contributed by atoms with Gasteiger partial charge in [0, 0.05) is 23.7 Å². The van der Waals surface area contributed by atoms with Crippen LogP contribution in [0.2, 0.25) is 0 Å². The third kappa shape index (κ3) is 3.42. The molecule has 0 aliphatic carbocycles. The number of anilines is 2. The highest BCUT2D eigenvalue weighted by Crippen LogP contribution is 2.31. The van der Waals surface area contributed by atoms with Crippen molar-refractivity contribution in [2.75, 3.05) is 30.8 Å². The summed E-state index contributed by atoms with van der Waals surface area (Å²) in [4.78, 5) is 15.2. The zero-order valence-electron chi connectivity index (χ0n) is 13.3. The van der Waals surface area contributed by atoms with E-state index in [2.05, 4.69) is 24.0 Å². The Labute approximate surface area is 135 Å². The Kier molecular flexibility index (Phi) is 5.44. The van der Waals surface area contributed by atoms with Crippen LogP contribution < -0.4 is 10.6 Å². The van der Waals surface area contributed by atoms with Crippen molar-refractivity contribution in [2.45, 2.75) is 20.3 Å². The molecule has 0 amide bonds. The van der Waals surface area contributed by atoms with Gasteiger partial charge in [0.2, 0.25) is 0 Å². The average Bonchev–Trinajstić information content (AvgIpc) is 2.82. The van der Waals surface area contributed by atoms with Gasteiger partial charge in [0.25, 0.3) is 0 Å². The van der Waals surface area contributed by atoms with E-state index >= 15 is 0 Å². The molecule has 0 spiro atoms. The van der Waals surface area contributed by atoms with Crippen molar-refractivity contribution in [3.63, 3.8) is 0 Å². The summed E-state index contributed by atoms with van der Waals surface area (Å²) in [5.41, 5.74) is 8.64. The van der Waals surface area contributed by atoms with E-state index in [1.807, 2.05) is 25.1 Å². The molecule has 1 aromatic heterocycles. The number of ether oxygens (including phenoxy) is 1. The summed E-state index contributed by atoms with van der Waals surface area (Å²) in [6, 6.07) is 10.3. The van der Waals surface area contributed by atoms with Crippen molar-refractivity contribution in [1.82, 2.24) is 0 Å². The van der Waals surface area contributed by atoms with Crippen molar-refractivity contribution >= 4 is 28.0 Å².